The van der Waals surface area contributed by atoms with E-state index in [-0.39, 0.29) is 0 Å². The maximum atomic E-state index is 12.4. The standard InChI is InChI=1S/C24H10O6/c25-21-13-5-1-9-10-2-6-15-20-16(24(28)30-23(15)27)8-4-12(18(10)20)11-3-7-14(22(26)29-21)19(13)17(9)11/h1-8,13,27H. The second-order valence-electron chi connectivity index (χ2n) is 7.67. The van der Waals surface area contributed by atoms with Crippen LogP contribution in [0.1, 0.15) is 27.4 Å². The molecule has 0 spiro atoms. The van der Waals surface area contributed by atoms with Gasteiger partial charge in [-0.3, -0.25) is 4.79 Å². The zero-order chi connectivity index (χ0) is 20.3. The molecule has 0 saturated carbocycles. The minimum absolute atomic E-state index is 0.391. The van der Waals surface area contributed by atoms with Crippen molar-refractivity contribution in [3.8, 4) is 5.95 Å². The number of carbonyl (C=O) groups is 2. The summed E-state index contributed by atoms with van der Waals surface area (Å²) in [6.07, 6.45) is 3.62. The predicted molar refractivity (Wildman–Crippen MR) is 110 cm³/mol. The van der Waals surface area contributed by atoms with Crippen molar-refractivity contribution in [3.63, 3.8) is 0 Å². The fourth-order valence-corrected chi connectivity index (χ4v) is 5.13. The molecule has 5 aromatic rings. The summed E-state index contributed by atoms with van der Waals surface area (Å²) in [7, 11) is 0. The lowest BCUT2D eigenvalue weighted by Crippen LogP contribution is -2.28. The molecular weight excluding hydrogens is 384 g/mol. The number of benzene rings is 4. The minimum atomic E-state index is -0.637. The molecular formula is C24H10O6. The Morgan fingerprint density at radius 2 is 1.43 bits per heavy atom. The van der Waals surface area contributed by atoms with Gasteiger partial charge in [0.2, 0.25) is 0 Å². The molecule has 1 unspecified atom stereocenters. The zero-order valence-corrected chi connectivity index (χ0v) is 15.2. The molecule has 1 atom stereocenters. The average molecular weight is 394 g/mol. The average Bonchev–Trinajstić information content (AvgIpc) is 2.74. The molecule has 2 heterocycles. The highest BCUT2D eigenvalue weighted by Crippen LogP contribution is 2.48. The highest BCUT2D eigenvalue weighted by atomic mass is 16.6. The van der Waals surface area contributed by atoms with Crippen molar-refractivity contribution in [1.29, 1.82) is 0 Å². The van der Waals surface area contributed by atoms with Gasteiger partial charge in [0.15, 0.2) is 0 Å². The van der Waals surface area contributed by atoms with Gasteiger partial charge in [0, 0.05) is 5.39 Å². The van der Waals surface area contributed by atoms with Crippen molar-refractivity contribution >= 4 is 61.1 Å². The van der Waals surface area contributed by atoms with E-state index in [0.717, 1.165) is 32.5 Å². The van der Waals surface area contributed by atoms with Gasteiger partial charge in [0.05, 0.1) is 16.3 Å². The number of hydrogen-bond donors (Lipinski definition) is 1. The number of fused-ring (bicyclic) bond motifs is 2. The Bertz CT molecular complexity index is 1740. The first kappa shape index (κ1) is 15.7. The topological polar surface area (TPSA) is 93.8 Å². The fourth-order valence-electron chi connectivity index (χ4n) is 5.13. The van der Waals surface area contributed by atoms with Crippen LogP contribution in [0.3, 0.4) is 0 Å². The maximum absolute atomic E-state index is 12.4. The van der Waals surface area contributed by atoms with Crippen LogP contribution >= 0.6 is 0 Å². The SMILES string of the molecule is O=C1OC(=O)C2C=Cc3c4ccc5c(O)oc(=O)c6ccc(c7ccc1c2c37)c4c56. The van der Waals surface area contributed by atoms with E-state index in [1.807, 2.05) is 24.3 Å². The summed E-state index contributed by atoms with van der Waals surface area (Å²) < 4.78 is 9.90. The molecule has 142 valence electrons. The van der Waals surface area contributed by atoms with Crippen LogP contribution in [0.5, 0.6) is 5.95 Å². The lowest BCUT2D eigenvalue weighted by atomic mass is 9.78. The molecule has 6 heteroatoms. The van der Waals surface area contributed by atoms with Gasteiger partial charge in [-0.05, 0) is 56.3 Å². The summed E-state index contributed by atoms with van der Waals surface area (Å²) in [6.45, 7) is 0. The van der Waals surface area contributed by atoms with E-state index in [2.05, 4.69) is 0 Å². The van der Waals surface area contributed by atoms with Gasteiger partial charge in [-0.15, -0.1) is 0 Å². The Hall–Kier alpha value is -4.19. The monoisotopic (exact) mass is 394 g/mol. The number of carbonyl (C=O) groups excluding carboxylic acids is 2. The first-order chi connectivity index (χ1) is 14.5. The molecule has 1 N–H and O–H groups in total. The first-order valence-corrected chi connectivity index (χ1v) is 9.42. The van der Waals surface area contributed by atoms with Gasteiger partial charge >= 0.3 is 17.6 Å². The van der Waals surface area contributed by atoms with Crippen molar-refractivity contribution in [1.82, 2.24) is 0 Å². The third kappa shape index (κ3) is 1.61. The molecule has 1 aliphatic carbocycles. The van der Waals surface area contributed by atoms with Crippen LogP contribution in [0.4, 0.5) is 0 Å². The Morgan fingerprint density at radius 1 is 0.767 bits per heavy atom. The number of rotatable bonds is 0. The number of cyclic esters (lactones) is 2. The fraction of sp³-hybridized carbons (Fsp3) is 0.0417. The third-order valence-electron chi connectivity index (χ3n) is 6.33. The van der Waals surface area contributed by atoms with Crippen LogP contribution in [0.2, 0.25) is 0 Å². The molecule has 1 aliphatic heterocycles. The highest BCUT2D eigenvalue weighted by molar-refractivity contribution is 6.33. The molecule has 0 saturated heterocycles. The lowest BCUT2D eigenvalue weighted by Gasteiger charge is -2.27. The van der Waals surface area contributed by atoms with Crippen molar-refractivity contribution in [2.45, 2.75) is 5.92 Å². The second kappa shape index (κ2) is 4.86. The predicted octanol–water partition coefficient (Wildman–Crippen LogP) is 4.20. The van der Waals surface area contributed by atoms with Gasteiger partial charge in [-0.25, -0.2) is 9.59 Å². The van der Waals surface area contributed by atoms with E-state index >= 15 is 0 Å². The van der Waals surface area contributed by atoms with Crippen LogP contribution in [0, 0.1) is 0 Å². The molecule has 0 fully saturated rings. The van der Waals surface area contributed by atoms with Crippen LogP contribution in [-0.4, -0.2) is 17.0 Å². The van der Waals surface area contributed by atoms with E-state index in [4.69, 9.17) is 9.15 Å². The van der Waals surface area contributed by atoms with Crippen molar-refractivity contribution in [2.75, 3.05) is 0 Å². The van der Waals surface area contributed by atoms with Gasteiger partial charge in [-0.1, -0.05) is 30.4 Å². The largest absolute Gasteiger partial charge is 0.480 e. The summed E-state index contributed by atoms with van der Waals surface area (Å²) in [5.41, 5.74) is 1.33. The molecule has 2 aliphatic rings. The number of esters is 2. The summed E-state index contributed by atoms with van der Waals surface area (Å²) >= 11 is 0. The smallest absolute Gasteiger partial charge is 0.346 e. The Labute approximate surface area is 166 Å². The number of ether oxygens (including phenoxy) is 1. The Kier molecular flexibility index (Phi) is 2.54. The summed E-state index contributed by atoms with van der Waals surface area (Å²) in [6, 6.07) is 10.7. The molecule has 6 nitrogen and oxygen atoms in total. The molecule has 7 rings (SSSR count). The molecule has 0 radical (unpaired) electrons. The Balaban J connectivity index is 1.82. The van der Waals surface area contributed by atoms with Crippen molar-refractivity contribution in [2.24, 2.45) is 0 Å². The van der Waals surface area contributed by atoms with E-state index in [0.29, 0.717) is 27.3 Å². The highest BCUT2D eigenvalue weighted by Gasteiger charge is 2.37. The molecule has 4 aromatic carbocycles. The van der Waals surface area contributed by atoms with Gasteiger partial charge < -0.3 is 14.3 Å². The van der Waals surface area contributed by atoms with Crippen LogP contribution in [-0.2, 0) is 9.53 Å². The Morgan fingerprint density at radius 3 is 2.30 bits per heavy atom. The summed E-state index contributed by atoms with van der Waals surface area (Å²) in [5, 5.41) is 16.0. The maximum Gasteiger partial charge on any atom is 0.346 e. The number of aromatic hydroxyl groups is 1. The lowest BCUT2D eigenvalue weighted by molar-refractivity contribution is -0.139. The van der Waals surface area contributed by atoms with Crippen LogP contribution in [0.25, 0.3) is 49.2 Å². The second-order valence-corrected chi connectivity index (χ2v) is 7.67. The molecule has 0 bridgehead atoms. The van der Waals surface area contributed by atoms with Crippen LogP contribution in [0.15, 0.2) is 51.7 Å². The van der Waals surface area contributed by atoms with E-state index in [1.54, 1.807) is 24.3 Å². The summed E-state index contributed by atoms with van der Waals surface area (Å²) in [4.78, 5) is 37.1. The summed E-state index contributed by atoms with van der Waals surface area (Å²) in [5.74, 6) is -2.25. The van der Waals surface area contributed by atoms with Crippen molar-refractivity contribution in [3.05, 3.63) is 69.6 Å². The van der Waals surface area contributed by atoms with Crippen molar-refractivity contribution < 1.29 is 23.8 Å². The van der Waals surface area contributed by atoms with E-state index < -0.39 is 29.4 Å². The zero-order valence-electron chi connectivity index (χ0n) is 15.2. The third-order valence-corrected chi connectivity index (χ3v) is 6.33. The number of hydrogen-bond acceptors (Lipinski definition) is 6. The first-order valence-electron chi connectivity index (χ1n) is 9.42. The molecule has 1 aromatic heterocycles. The van der Waals surface area contributed by atoms with E-state index in [9.17, 15) is 19.5 Å². The quantitative estimate of drug-likeness (QED) is 0.183. The van der Waals surface area contributed by atoms with Gasteiger partial charge in [0.25, 0.3) is 5.95 Å². The van der Waals surface area contributed by atoms with E-state index in [1.165, 1.54) is 0 Å². The van der Waals surface area contributed by atoms with Gasteiger partial charge in [-0.2, -0.15) is 0 Å². The minimum Gasteiger partial charge on any atom is -0.480 e. The molecule has 30 heavy (non-hydrogen) atoms. The molecule has 0 amide bonds. The van der Waals surface area contributed by atoms with Crippen LogP contribution < -0.4 is 5.63 Å². The van der Waals surface area contributed by atoms with Gasteiger partial charge in [0.1, 0.15) is 5.92 Å². The normalized spacial score (nSPS) is 17.5.